The van der Waals surface area contributed by atoms with Crippen LogP contribution in [-0.2, 0) is 0 Å². The van der Waals surface area contributed by atoms with Crippen molar-refractivity contribution in [3.05, 3.63) is 60.0 Å². The number of carbonyl (C=O) groups is 2. The van der Waals surface area contributed by atoms with Gasteiger partial charge in [0.2, 0.25) is 0 Å². The van der Waals surface area contributed by atoms with Gasteiger partial charge >= 0.3 is 0 Å². The molecule has 0 bridgehead atoms. The quantitative estimate of drug-likeness (QED) is 0.723. The number of imidazole rings is 1. The monoisotopic (exact) mass is 323 g/mol. The lowest BCUT2D eigenvalue weighted by molar-refractivity contribution is 0.0934. The van der Waals surface area contributed by atoms with Crippen molar-refractivity contribution in [2.75, 3.05) is 5.32 Å². The number of benzene rings is 1. The summed E-state index contributed by atoms with van der Waals surface area (Å²) in [5.41, 5.74) is 2.07. The molecule has 0 atom stereocenters. The summed E-state index contributed by atoms with van der Waals surface area (Å²) >= 11 is 0. The molecule has 0 aliphatic rings. The largest absolute Gasteiger partial charge is 0.508 e. The van der Waals surface area contributed by atoms with E-state index in [4.69, 9.17) is 0 Å². The first-order chi connectivity index (χ1) is 11.4. The van der Waals surface area contributed by atoms with Crippen LogP contribution in [-0.4, -0.2) is 26.2 Å². The van der Waals surface area contributed by atoms with E-state index in [1.807, 2.05) is 13.8 Å². The Bertz CT molecular complexity index is 911. The molecule has 0 saturated heterocycles. The molecule has 6 heteroatoms. The van der Waals surface area contributed by atoms with E-state index < -0.39 is 0 Å². The van der Waals surface area contributed by atoms with E-state index in [-0.39, 0.29) is 23.4 Å². The van der Waals surface area contributed by atoms with E-state index in [9.17, 15) is 14.7 Å². The van der Waals surface area contributed by atoms with Crippen molar-refractivity contribution in [1.29, 1.82) is 0 Å². The fourth-order valence-electron chi connectivity index (χ4n) is 2.30. The molecule has 1 aromatic carbocycles. The second kappa shape index (κ2) is 6.16. The number of Topliss-reactive ketones (excluding diaryl/α,β-unsaturated/α-hetero) is 1. The number of hydrogen-bond donors (Lipinski definition) is 2. The minimum Gasteiger partial charge on any atom is -0.508 e. The van der Waals surface area contributed by atoms with Crippen LogP contribution in [0, 0.1) is 5.92 Å². The van der Waals surface area contributed by atoms with Gasteiger partial charge in [-0.1, -0.05) is 13.8 Å². The molecule has 0 spiro atoms. The lowest BCUT2D eigenvalue weighted by Crippen LogP contribution is -2.12. The molecule has 2 N–H and O–H groups in total. The highest BCUT2D eigenvalue weighted by Gasteiger charge is 2.14. The summed E-state index contributed by atoms with van der Waals surface area (Å²) in [7, 11) is 0. The number of phenolic OH excluding ortho intramolecular Hbond substituents is 1. The van der Waals surface area contributed by atoms with Crippen LogP contribution in [0.15, 0.2) is 48.8 Å². The van der Waals surface area contributed by atoms with Crippen molar-refractivity contribution in [1.82, 2.24) is 9.38 Å². The third-order valence-corrected chi connectivity index (χ3v) is 3.62. The number of nitrogens with zero attached hydrogens (tertiary/aromatic N) is 2. The smallest absolute Gasteiger partial charge is 0.255 e. The molecule has 6 nitrogen and oxygen atoms in total. The standard InChI is InChI=1S/C18H17N3O3/c1-11(2)17(23)15-10-21-9-13(5-8-16(21)20-15)19-18(24)12-3-6-14(22)7-4-12/h3-11,22H,1-2H3,(H,19,24). The molecule has 0 aliphatic heterocycles. The highest BCUT2D eigenvalue weighted by Crippen LogP contribution is 2.16. The Morgan fingerprint density at radius 1 is 1.08 bits per heavy atom. The Kier molecular flexibility index (Phi) is 4.04. The van der Waals surface area contributed by atoms with Gasteiger partial charge in [0.25, 0.3) is 5.91 Å². The van der Waals surface area contributed by atoms with Gasteiger partial charge in [-0.3, -0.25) is 9.59 Å². The van der Waals surface area contributed by atoms with Gasteiger partial charge in [-0.15, -0.1) is 0 Å². The molecule has 3 aromatic rings. The van der Waals surface area contributed by atoms with Crippen LogP contribution in [0.1, 0.15) is 34.7 Å². The minimum atomic E-state index is -0.284. The Morgan fingerprint density at radius 3 is 2.46 bits per heavy atom. The average molecular weight is 323 g/mol. The number of phenols is 1. The number of hydrogen-bond acceptors (Lipinski definition) is 4. The zero-order valence-corrected chi connectivity index (χ0v) is 13.4. The minimum absolute atomic E-state index is 0.0200. The maximum Gasteiger partial charge on any atom is 0.255 e. The molecule has 0 saturated carbocycles. The third-order valence-electron chi connectivity index (χ3n) is 3.62. The van der Waals surface area contributed by atoms with Crippen molar-refractivity contribution in [2.45, 2.75) is 13.8 Å². The molecule has 3 rings (SSSR count). The lowest BCUT2D eigenvalue weighted by Gasteiger charge is -2.06. The van der Waals surface area contributed by atoms with Crippen molar-refractivity contribution in [3.8, 4) is 5.75 Å². The third kappa shape index (κ3) is 3.12. The van der Waals surface area contributed by atoms with E-state index in [1.165, 1.54) is 12.1 Å². The van der Waals surface area contributed by atoms with Gasteiger partial charge in [0, 0.05) is 23.9 Å². The SMILES string of the molecule is CC(C)C(=O)c1cn2cc(NC(=O)c3ccc(O)cc3)ccc2n1. The average Bonchev–Trinajstić information content (AvgIpc) is 2.97. The summed E-state index contributed by atoms with van der Waals surface area (Å²) in [4.78, 5) is 28.5. The lowest BCUT2D eigenvalue weighted by atomic mass is 10.1. The Hall–Kier alpha value is -3.15. The van der Waals surface area contributed by atoms with Crippen LogP contribution >= 0.6 is 0 Å². The van der Waals surface area contributed by atoms with Gasteiger partial charge < -0.3 is 14.8 Å². The van der Waals surface area contributed by atoms with Gasteiger partial charge in [0.05, 0.1) is 5.69 Å². The number of nitrogens with one attached hydrogen (secondary N) is 1. The molecule has 24 heavy (non-hydrogen) atoms. The number of anilines is 1. The maximum atomic E-state index is 12.2. The van der Waals surface area contributed by atoms with Crippen LogP contribution < -0.4 is 5.32 Å². The fraction of sp³-hybridized carbons (Fsp3) is 0.167. The van der Waals surface area contributed by atoms with Crippen LogP contribution in [0.25, 0.3) is 5.65 Å². The second-order valence-electron chi connectivity index (χ2n) is 5.83. The van der Waals surface area contributed by atoms with Crippen molar-refractivity contribution >= 4 is 23.0 Å². The first-order valence-electron chi connectivity index (χ1n) is 7.57. The van der Waals surface area contributed by atoms with E-state index in [0.29, 0.717) is 22.6 Å². The highest BCUT2D eigenvalue weighted by molar-refractivity contribution is 6.04. The molecule has 0 unspecified atom stereocenters. The molecule has 2 aromatic heterocycles. The van der Waals surface area contributed by atoms with Crippen LogP contribution in [0.3, 0.4) is 0 Å². The number of carbonyl (C=O) groups excluding carboxylic acids is 2. The van der Waals surface area contributed by atoms with Crippen molar-refractivity contribution < 1.29 is 14.7 Å². The molecular weight excluding hydrogens is 306 g/mol. The number of fused-ring (bicyclic) bond motifs is 1. The summed E-state index contributed by atoms with van der Waals surface area (Å²) in [6.45, 7) is 3.66. The van der Waals surface area contributed by atoms with Crippen molar-refractivity contribution in [3.63, 3.8) is 0 Å². The summed E-state index contributed by atoms with van der Waals surface area (Å²) in [5.74, 6) is -0.321. The molecule has 0 radical (unpaired) electrons. The molecular formula is C18H17N3O3. The van der Waals surface area contributed by atoms with E-state index in [0.717, 1.165) is 0 Å². The number of ketones is 1. The number of aromatic nitrogens is 2. The highest BCUT2D eigenvalue weighted by atomic mass is 16.3. The van der Waals surface area contributed by atoms with Gasteiger partial charge in [-0.2, -0.15) is 0 Å². The predicted octanol–water partition coefficient (Wildman–Crippen LogP) is 3.13. The fourth-order valence-corrected chi connectivity index (χ4v) is 2.30. The van der Waals surface area contributed by atoms with Crippen LogP contribution in [0.5, 0.6) is 5.75 Å². The summed E-state index contributed by atoms with van der Waals surface area (Å²) < 4.78 is 1.71. The zero-order chi connectivity index (χ0) is 17.3. The number of rotatable bonds is 4. The van der Waals surface area contributed by atoms with Gasteiger partial charge in [-0.25, -0.2) is 4.98 Å². The second-order valence-corrected chi connectivity index (χ2v) is 5.83. The topological polar surface area (TPSA) is 83.7 Å². The van der Waals surface area contributed by atoms with Gasteiger partial charge in [0.15, 0.2) is 5.78 Å². The molecule has 1 amide bonds. The maximum absolute atomic E-state index is 12.2. The van der Waals surface area contributed by atoms with Crippen molar-refractivity contribution in [2.24, 2.45) is 5.92 Å². The molecule has 0 aliphatic carbocycles. The first-order valence-corrected chi connectivity index (χ1v) is 7.57. The normalized spacial score (nSPS) is 11.0. The Balaban J connectivity index is 1.84. The number of aromatic hydroxyl groups is 1. The summed E-state index contributed by atoms with van der Waals surface area (Å²) in [6, 6.07) is 9.46. The predicted molar refractivity (Wildman–Crippen MR) is 90.4 cm³/mol. The first kappa shape index (κ1) is 15.7. The molecule has 0 fully saturated rings. The summed E-state index contributed by atoms with van der Waals surface area (Å²) in [6.07, 6.45) is 3.37. The van der Waals surface area contributed by atoms with Crippen LogP contribution in [0.4, 0.5) is 5.69 Å². The number of amides is 1. The zero-order valence-electron chi connectivity index (χ0n) is 13.4. The Labute approximate surface area is 138 Å². The number of pyridine rings is 1. The summed E-state index contributed by atoms with van der Waals surface area (Å²) in [5, 5.41) is 12.0. The van der Waals surface area contributed by atoms with E-state index >= 15 is 0 Å². The van der Waals surface area contributed by atoms with E-state index in [2.05, 4.69) is 10.3 Å². The van der Waals surface area contributed by atoms with E-state index in [1.54, 1.807) is 41.1 Å². The van der Waals surface area contributed by atoms with Gasteiger partial charge in [-0.05, 0) is 36.4 Å². The molecule has 122 valence electrons. The Morgan fingerprint density at radius 2 is 1.79 bits per heavy atom. The van der Waals surface area contributed by atoms with Gasteiger partial charge in [0.1, 0.15) is 17.1 Å². The van der Waals surface area contributed by atoms with Crippen LogP contribution in [0.2, 0.25) is 0 Å². The molecule has 2 heterocycles.